The van der Waals surface area contributed by atoms with E-state index >= 15 is 0 Å². The number of hydrazone groups is 1. The van der Waals surface area contributed by atoms with Crippen LogP contribution in [0.25, 0.3) is 0 Å². The summed E-state index contributed by atoms with van der Waals surface area (Å²) in [4.78, 5) is 15.6. The van der Waals surface area contributed by atoms with E-state index in [1.165, 1.54) is 6.21 Å². The number of nitrogen functional groups attached to an aromatic ring is 1. The summed E-state index contributed by atoms with van der Waals surface area (Å²) in [7, 11) is 0. The van der Waals surface area contributed by atoms with E-state index in [1.54, 1.807) is 31.5 Å². The Kier molecular flexibility index (Phi) is 3.33. The summed E-state index contributed by atoms with van der Waals surface area (Å²) in [6, 6.07) is 3.52. The minimum atomic E-state index is -0.462. The number of carbonyl (C=O) groups is 1. The maximum atomic E-state index is 11.7. The van der Waals surface area contributed by atoms with Gasteiger partial charge in [-0.1, -0.05) is 5.16 Å². The first kappa shape index (κ1) is 11.8. The monoisotopic (exact) mass is 245 g/mol. The first-order chi connectivity index (χ1) is 8.68. The number of hydrogen-bond donors (Lipinski definition) is 2. The Hall–Kier alpha value is -2.70. The highest BCUT2D eigenvalue weighted by molar-refractivity contribution is 5.99. The molecule has 0 saturated carbocycles. The van der Waals surface area contributed by atoms with Gasteiger partial charge in [0.25, 0.3) is 5.91 Å². The van der Waals surface area contributed by atoms with Crippen LogP contribution < -0.4 is 11.2 Å². The Morgan fingerprint density at radius 2 is 2.22 bits per heavy atom. The van der Waals surface area contributed by atoms with Crippen molar-refractivity contribution < 1.29 is 9.32 Å². The fourth-order valence-corrected chi connectivity index (χ4v) is 1.33. The predicted octanol–water partition coefficient (Wildman–Crippen LogP) is 0.724. The smallest absolute Gasteiger partial charge is 0.278 e. The van der Waals surface area contributed by atoms with E-state index in [9.17, 15) is 4.79 Å². The quantitative estimate of drug-likeness (QED) is 0.612. The molecule has 0 fully saturated rings. The van der Waals surface area contributed by atoms with Crippen molar-refractivity contribution in [2.24, 2.45) is 5.10 Å². The van der Waals surface area contributed by atoms with E-state index in [4.69, 9.17) is 5.73 Å². The van der Waals surface area contributed by atoms with Gasteiger partial charge in [-0.3, -0.25) is 9.78 Å². The van der Waals surface area contributed by atoms with E-state index in [0.717, 1.165) is 5.56 Å². The van der Waals surface area contributed by atoms with E-state index in [2.05, 4.69) is 25.2 Å². The summed E-state index contributed by atoms with van der Waals surface area (Å²) < 4.78 is 4.69. The molecule has 0 radical (unpaired) electrons. The number of nitrogens with two attached hydrogens (primary N) is 1. The lowest BCUT2D eigenvalue weighted by atomic mass is 10.2. The van der Waals surface area contributed by atoms with Gasteiger partial charge in [-0.2, -0.15) is 5.10 Å². The molecule has 0 aromatic carbocycles. The van der Waals surface area contributed by atoms with E-state index in [1.807, 2.05) is 0 Å². The minimum absolute atomic E-state index is 0.0240. The topological polar surface area (TPSA) is 106 Å². The Labute approximate surface area is 103 Å². The molecule has 0 aliphatic rings. The second-order valence-corrected chi connectivity index (χ2v) is 3.49. The van der Waals surface area contributed by atoms with Crippen molar-refractivity contribution in [3.05, 3.63) is 41.3 Å². The van der Waals surface area contributed by atoms with Crippen LogP contribution in [-0.2, 0) is 0 Å². The summed E-state index contributed by atoms with van der Waals surface area (Å²) in [5.74, 6) is -0.485. The molecule has 0 bridgehead atoms. The van der Waals surface area contributed by atoms with Crippen LogP contribution in [-0.4, -0.2) is 22.3 Å². The average molecular weight is 245 g/mol. The van der Waals surface area contributed by atoms with Crippen molar-refractivity contribution in [3.63, 3.8) is 0 Å². The summed E-state index contributed by atoms with van der Waals surface area (Å²) in [6.45, 7) is 1.63. The number of nitrogens with one attached hydrogen (secondary N) is 1. The molecule has 7 heteroatoms. The molecule has 2 rings (SSSR count). The highest BCUT2D eigenvalue weighted by atomic mass is 16.5. The normalized spacial score (nSPS) is 10.7. The SMILES string of the molecule is Cc1noc(N)c1C(=O)N/N=C/c1ccncc1. The molecule has 0 spiro atoms. The van der Waals surface area contributed by atoms with Gasteiger partial charge in [-0.05, 0) is 24.6 Å². The summed E-state index contributed by atoms with van der Waals surface area (Å²) in [5.41, 5.74) is 9.26. The lowest BCUT2D eigenvalue weighted by Crippen LogP contribution is -2.19. The molecule has 2 aromatic rings. The van der Waals surface area contributed by atoms with Gasteiger partial charge in [0.15, 0.2) is 0 Å². The second kappa shape index (κ2) is 5.09. The Bertz CT molecular complexity index is 557. The number of anilines is 1. The van der Waals surface area contributed by atoms with Crippen LogP contribution in [0.2, 0.25) is 0 Å². The molecule has 2 heterocycles. The third-order valence-electron chi connectivity index (χ3n) is 2.20. The molecule has 7 nitrogen and oxygen atoms in total. The van der Waals surface area contributed by atoms with Crippen molar-refractivity contribution in [1.82, 2.24) is 15.6 Å². The van der Waals surface area contributed by atoms with Crippen molar-refractivity contribution >= 4 is 18.0 Å². The zero-order chi connectivity index (χ0) is 13.0. The zero-order valence-corrected chi connectivity index (χ0v) is 9.62. The van der Waals surface area contributed by atoms with Gasteiger partial charge in [-0.15, -0.1) is 0 Å². The van der Waals surface area contributed by atoms with Crippen LogP contribution in [0, 0.1) is 6.92 Å². The molecular weight excluding hydrogens is 234 g/mol. The Morgan fingerprint density at radius 3 is 2.83 bits per heavy atom. The number of rotatable bonds is 3. The van der Waals surface area contributed by atoms with Gasteiger partial charge in [0.1, 0.15) is 5.56 Å². The van der Waals surface area contributed by atoms with Gasteiger partial charge in [0.2, 0.25) is 5.88 Å². The number of aromatic nitrogens is 2. The summed E-state index contributed by atoms with van der Waals surface area (Å²) in [6.07, 6.45) is 4.76. The van der Waals surface area contributed by atoms with Crippen LogP contribution >= 0.6 is 0 Å². The number of pyridine rings is 1. The van der Waals surface area contributed by atoms with Crippen molar-refractivity contribution in [2.75, 3.05) is 5.73 Å². The molecule has 1 amide bonds. The van der Waals surface area contributed by atoms with Gasteiger partial charge in [0, 0.05) is 12.4 Å². The number of amides is 1. The second-order valence-electron chi connectivity index (χ2n) is 3.49. The molecule has 2 aromatic heterocycles. The van der Waals surface area contributed by atoms with Gasteiger partial charge < -0.3 is 10.3 Å². The molecule has 92 valence electrons. The van der Waals surface area contributed by atoms with Crippen LogP contribution in [0.3, 0.4) is 0 Å². The van der Waals surface area contributed by atoms with Gasteiger partial charge in [0.05, 0.1) is 11.9 Å². The molecular formula is C11H11N5O2. The molecule has 0 aliphatic carbocycles. The van der Waals surface area contributed by atoms with Crippen LogP contribution in [0.5, 0.6) is 0 Å². The molecule has 0 atom stereocenters. The largest absolute Gasteiger partial charge is 0.367 e. The minimum Gasteiger partial charge on any atom is -0.367 e. The molecule has 0 saturated heterocycles. The lowest BCUT2D eigenvalue weighted by molar-refractivity contribution is 0.0955. The van der Waals surface area contributed by atoms with Gasteiger partial charge in [-0.25, -0.2) is 5.43 Å². The zero-order valence-electron chi connectivity index (χ0n) is 9.62. The third kappa shape index (κ3) is 2.51. The van der Waals surface area contributed by atoms with E-state index < -0.39 is 5.91 Å². The first-order valence-corrected chi connectivity index (χ1v) is 5.13. The first-order valence-electron chi connectivity index (χ1n) is 5.13. The highest BCUT2D eigenvalue weighted by Crippen LogP contribution is 2.14. The predicted molar refractivity (Wildman–Crippen MR) is 64.9 cm³/mol. The number of hydrogen-bond acceptors (Lipinski definition) is 6. The fourth-order valence-electron chi connectivity index (χ4n) is 1.33. The average Bonchev–Trinajstić information content (AvgIpc) is 2.70. The van der Waals surface area contributed by atoms with E-state index in [-0.39, 0.29) is 11.4 Å². The van der Waals surface area contributed by atoms with Crippen LogP contribution in [0.15, 0.2) is 34.2 Å². The summed E-state index contributed by atoms with van der Waals surface area (Å²) >= 11 is 0. The Balaban J connectivity index is 2.03. The lowest BCUT2D eigenvalue weighted by Gasteiger charge is -1.97. The highest BCUT2D eigenvalue weighted by Gasteiger charge is 2.17. The van der Waals surface area contributed by atoms with Gasteiger partial charge >= 0.3 is 0 Å². The standard InChI is InChI=1S/C11H11N5O2/c1-7-9(10(12)18-16-7)11(17)15-14-6-8-2-4-13-5-3-8/h2-6H,12H2,1H3,(H,15,17)/b14-6+. The summed E-state index contributed by atoms with van der Waals surface area (Å²) in [5, 5.41) is 7.38. The van der Waals surface area contributed by atoms with Crippen molar-refractivity contribution in [2.45, 2.75) is 6.92 Å². The fraction of sp³-hybridized carbons (Fsp3) is 0.0909. The van der Waals surface area contributed by atoms with Crippen LogP contribution in [0.1, 0.15) is 21.6 Å². The molecule has 18 heavy (non-hydrogen) atoms. The third-order valence-corrected chi connectivity index (χ3v) is 2.20. The molecule has 3 N–H and O–H groups in total. The number of aryl methyl sites for hydroxylation is 1. The molecule has 0 unspecified atom stereocenters. The Morgan fingerprint density at radius 1 is 1.50 bits per heavy atom. The number of nitrogens with zero attached hydrogens (tertiary/aromatic N) is 3. The number of carbonyl (C=O) groups excluding carboxylic acids is 1. The molecule has 0 aliphatic heterocycles. The maximum Gasteiger partial charge on any atom is 0.278 e. The van der Waals surface area contributed by atoms with Crippen LogP contribution in [0.4, 0.5) is 5.88 Å². The maximum absolute atomic E-state index is 11.7. The van der Waals surface area contributed by atoms with Crippen molar-refractivity contribution in [1.29, 1.82) is 0 Å². The van der Waals surface area contributed by atoms with E-state index in [0.29, 0.717) is 5.69 Å². The van der Waals surface area contributed by atoms with Crippen molar-refractivity contribution in [3.8, 4) is 0 Å².